The molecule has 3 aliphatic rings. The van der Waals surface area contributed by atoms with Crippen LogP contribution in [-0.4, -0.2) is 48.6 Å². The van der Waals surface area contributed by atoms with Gasteiger partial charge >= 0.3 is 0 Å². The molecule has 0 aromatic heterocycles. The smallest absolute Gasteiger partial charge is 0.0223 e. The van der Waals surface area contributed by atoms with E-state index in [1.807, 2.05) is 0 Å². The van der Waals surface area contributed by atoms with Gasteiger partial charge in [-0.3, -0.25) is 4.90 Å². The summed E-state index contributed by atoms with van der Waals surface area (Å²) in [7, 11) is 0. The molecule has 1 atom stereocenters. The predicted octanol–water partition coefficient (Wildman–Crippen LogP) is 1.96. The van der Waals surface area contributed by atoms with Gasteiger partial charge in [-0.25, -0.2) is 0 Å². The molecule has 0 amide bonds. The topological polar surface area (TPSA) is 6.48 Å². The fourth-order valence-corrected chi connectivity index (χ4v) is 3.49. The zero-order chi connectivity index (χ0) is 10.1. The van der Waals surface area contributed by atoms with Crippen LogP contribution in [0.3, 0.4) is 0 Å². The fraction of sp³-hybridized carbons (Fsp3) is 1.00. The summed E-state index contributed by atoms with van der Waals surface area (Å²) in [6.07, 6.45) is 8.82. The van der Waals surface area contributed by atoms with E-state index in [1.54, 1.807) is 0 Å². The Labute approximate surface area is 93.6 Å². The molecule has 2 heteroatoms. The Morgan fingerprint density at radius 2 is 1.73 bits per heavy atom. The monoisotopic (exact) mass is 208 g/mol. The summed E-state index contributed by atoms with van der Waals surface area (Å²) in [4.78, 5) is 5.50. The Kier molecular flexibility index (Phi) is 2.98. The van der Waals surface area contributed by atoms with Crippen molar-refractivity contribution in [3.63, 3.8) is 0 Å². The maximum atomic E-state index is 2.76. The van der Waals surface area contributed by atoms with Gasteiger partial charge in [0.25, 0.3) is 0 Å². The quantitative estimate of drug-likeness (QED) is 0.684. The van der Waals surface area contributed by atoms with Crippen LogP contribution in [0, 0.1) is 5.92 Å². The van der Waals surface area contributed by atoms with E-state index >= 15 is 0 Å². The van der Waals surface area contributed by atoms with E-state index in [1.165, 1.54) is 71.2 Å². The minimum absolute atomic E-state index is 0.910. The highest BCUT2D eigenvalue weighted by Crippen LogP contribution is 2.28. The second kappa shape index (κ2) is 4.42. The molecule has 2 aliphatic heterocycles. The highest BCUT2D eigenvalue weighted by Gasteiger charge is 2.30. The number of hydrogen-bond acceptors (Lipinski definition) is 2. The van der Waals surface area contributed by atoms with Crippen molar-refractivity contribution in [3.05, 3.63) is 0 Å². The highest BCUT2D eigenvalue weighted by atomic mass is 15.3. The third kappa shape index (κ3) is 2.21. The van der Waals surface area contributed by atoms with E-state index in [2.05, 4.69) is 9.80 Å². The maximum Gasteiger partial charge on any atom is 0.0223 e. The van der Waals surface area contributed by atoms with Crippen LogP contribution in [-0.2, 0) is 0 Å². The second-order valence-electron chi connectivity index (χ2n) is 5.74. The molecule has 0 bridgehead atoms. The van der Waals surface area contributed by atoms with Crippen LogP contribution >= 0.6 is 0 Å². The first-order chi connectivity index (χ1) is 7.42. The first-order valence-corrected chi connectivity index (χ1v) is 6.88. The van der Waals surface area contributed by atoms with Gasteiger partial charge in [0, 0.05) is 19.1 Å². The Hall–Kier alpha value is -0.0800. The Morgan fingerprint density at radius 3 is 2.53 bits per heavy atom. The van der Waals surface area contributed by atoms with E-state index in [-0.39, 0.29) is 0 Å². The van der Waals surface area contributed by atoms with Crippen molar-refractivity contribution in [2.24, 2.45) is 5.92 Å². The molecule has 86 valence electrons. The van der Waals surface area contributed by atoms with E-state index in [0.717, 1.165) is 12.0 Å². The summed E-state index contributed by atoms with van der Waals surface area (Å²) in [5, 5.41) is 0. The minimum Gasteiger partial charge on any atom is -0.301 e. The molecule has 0 N–H and O–H groups in total. The van der Waals surface area contributed by atoms with Gasteiger partial charge in [-0.2, -0.15) is 0 Å². The number of hydrogen-bond donors (Lipinski definition) is 0. The SMILES string of the molecule is C1CC(CN2CCCN3CCCC3C2)C1. The van der Waals surface area contributed by atoms with Gasteiger partial charge in [0.1, 0.15) is 0 Å². The summed E-state index contributed by atoms with van der Waals surface area (Å²) in [6, 6.07) is 0.910. The normalized spacial score (nSPS) is 34.8. The molecule has 2 saturated heterocycles. The van der Waals surface area contributed by atoms with Crippen molar-refractivity contribution in [3.8, 4) is 0 Å². The first kappa shape index (κ1) is 10.1. The van der Waals surface area contributed by atoms with Gasteiger partial charge in [0.05, 0.1) is 0 Å². The Bertz CT molecular complexity index is 213. The van der Waals surface area contributed by atoms with Crippen molar-refractivity contribution >= 4 is 0 Å². The molecule has 0 spiro atoms. The van der Waals surface area contributed by atoms with Gasteiger partial charge in [0.2, 0.25) is 0 Å². The number of fused-ring (bicyclic) bond motifs is 1. The van der Waals surface area contributed by atoms with Crippen LogP contribution in [0.15, 0.2) is 0 Å². The minimum atomic E-state index is 0.910. The van der Waals surface area contributed by atoms with Gasteiger partial charge < -0.3 is 4.90 Å². The summed E-state index contributed by atoms with van der Waals surface area (Å²) < 4.78 is 0. The van der Waals surface area contributed by atoms with Crippen LogP contribution < -0.4 is 0 Å². The number of nitrogens with zero attached hydrogens (tertiary/aromatic N) is 2. The largest absolute Gasteiger partial charge is 0.301 e. The van der Waals surface area contributed by atoms with Gasteiger partial charge in [-0.05, 0) is 57.7 Å². The first-order valence-electron chi connectivity index (χ1n) is 6.88. The molecule has 1 saturated carbocycles. The molecule has 0 aromatic carbocycles. The van der Waals surface area contributed by atoms with E-state index < -0.39 is 0 Å². The van der Waals surface area contributed by atoms with Crippen molar-refractivity contribution in [2.75, 3.05) is 32.7 Å². The van der Waals surface area contributed by atoms with Gasteiger partial charge in [-0.1, -0.05) is 6.42 Å². The lowest BCUT2D eigenvalue weighted by atomic mass is 9.85. The second-order valence-corrected chi connectivity index (χ2v) is 5.74. The molecule has 15 heavy (non-hydrogen) atoms. The third-order valence-electron chi connectivity index (χ3n) is 4.63. The summed E-state index contributed by atoms with van der Waals surface area (Å²) in [5.74, 6) is 1.05. The van der Waals surface area contributed by atoms with Crippen LogP contribution in [0.1, 0.15) is 38.5 Å². The lowest BCUT2D eigenvalue weighted by Gasteiger charge is -2.33. The average Bonchev–Trinajstić information content (AvgIpc) is 2.51. The number of rotatable bonds is 2. The molecule has 3 rings (SSSR count). The average molecular weight is 208 g/mol. The van der Waals surface area contributed by atoms with E-state index in [0.29, 0.717) is 0 Å². The molecular weight excluding hydrogens is 184 g/mol. The van der Waals surface area contributed by atoms with Crippen molar-refractivity contribution < 1.29 is 0 Å². The highest BCUT2D eigenvalue weighted by molar-refractivity contribution is 4.86. The predicted molar refractivity (Wildman–Crippen MR) is 63.0 cm³/mol. The molecule has 1 aliphatic carbocycles. The van der Waals surface area contributed by atoms with Crippen LogP contribution in [0.4, 0.5) is 0 Å². The van der Waals surface area contributed by atoms with Crippen LogP contribution in [0.5, 0.6) is 0 Å². The van der Waals surface area contributed by atoms with Gasteiger partial charge in [-0.15, -0.1) is 0 Å². The standard InChI is InChI=1S/C13H24N2/c1-4-12(5-1)10-14-7-3-9-15-8-2-6-13(15)11-14/h12-13H,1-11H2. The van der Waals surface area contributed by atoms with E-state index in [4.69, 9.17) is 0 Å². The molecule has 1 unspecified atom stereocenters. The lowest BCUT2D eigenvalue weighted by Crippen LogP contribution is -2.39. The molecule has 3 fully saturated rings. The molecule has 0 radical (unpaired) electrons. The Balaban J connectivity index is 1.54. The molecule has 0 aromatic rings. The summed E-state index contributed by atoms with van der Waals surface area (Å²) >= 11 is 0. The molecule has 2 nitrogen and oxygen atoms in total. The Morgan fingerprint density at radius 1 is 0.867 bits per heavy atom. The van der Waals surface area contributed by atoms with Crippen LogP contribution in [0.2, 0.25) is 0 Å². The van der Waals surface area contributed by atoms with Gasteiger partial charge in [0.15, 0.2) is 0 Å². The van der Waals surface area contributed by atoms with Crippen LogP contribution in [0.25, 0.3) is 0 Å². The zero-order valence-electron chi connectivity index (χ0n) is 9.83. The molecule has 2 heterocycles. The maximum absolute atomic E-state index is 2.76. The van der Waals surface area contributed by atoms with Crippen molar-refractivity contribution in [1.82, 2.24) is 9.80 Å². The fourth-order valence-electron chi connectivity index (χ4n) is 3.49. The summed E-state index contributed by atoms with van der Waals surface area (Å²) in [5.41, 5.74) is 0. The van der Waals surface area contributed by atoms with E-state index in [9.17, 15) is 0 Å². The van der Waals surface area contributed by atoms with Crippen molar-refractivity contribution in [2.45, 2.75) is 44.6 Å². The third-order valence-corrected chi connectivity index (χ3v) is 4.63. The van der Waals surface area contributed by atoms with Crippen molar-refractivity contribution in [1.29, 1.82) is 0 Å². The lowest BCUT2D eigenvalue weighted by molar-refractivity contribution is 0.163. The molecular formula is C13H24N2. The summed E-state index contributed by atoms with van der Waals surface area (Å²) in [6.45, 7) is 6.89. The zero-order valence-corrected chi connectivity index (χ0v) is 9.83.